The van der Waals surface area contributed by atoms with Gasteiger partial charge >= 0.3 is 12.1 Å². The van der Waals surface area contributed by atoms with E-state index >= 15 is 0 Å². The Morgan fingerprint density at radius 2 is 1.85 bits per heavy atom. The van der Waals surface area contributed by atoms with E-state index in [0.717, 1.165) is 11.3 Å². The fourth-order valence-electron chi connectivity index (χ4n) is 2.97. The van der Waals surface area contributed by atoms with Gasteiger partial charge in [0.15, 0.2) is 0 Å². The maximum Gasteiger partial charge on any atom is 0.410 e. The third-order valence-corrected chi connectivity index (χ3v) is 4.22. The third-order valence-electron chi connectivity index (χ3n) is 4.22. The fraction of sp³-hybridized carbons (Fsp3) is 0.500. The predicted octanol–water partition coefficient (Wildman–Crippen LogP) is 2.66. The summed E-state index contributed by atoms with van der Waals surface area (Å²) in [5.41, 5.74) is 2.75. The van der Waals surface area contributed by atoms with Crippen LogP contribution in [0.15, 0.2) is 12.1 Å². The summed E-state index contributed by atoms with van der Waals surface area (Å²) in [4.78, 5) is 27.1. The van der Waals surface area contributed by atoms with Crippen molar-refractivity contribution in [3.8, 4) is 12.3 Å². The first-order valence-electron chi connectivity index (χ1n) is 8.65. The van der Waals surface area contributed by atoms with Crippen LogP contribution in [0.25, 0.3) is 0 Å². The van der Waals surface area contributed by atoms with E-state index in [1.165, 1.54) is 0 Å². The molecule has 1 aromatic carbocycles. The van der Waals surface area contributed by atoms with Gasteiger partial charge in [-0.05, 0) is 51.0 Å². The first kappa shape index (κ1) is 19.6. The molecule has 0 unspecified atom stereocenters. The molecule has 0 spiro atoms. The topological polar surface area (TPSA) is 70.1 Å². The van der Waals surface area contributed by atoms with Crippen LogP contribution < -0.4 is 4.90 Å². The summed E-state index contributed by atoms with van der Waals surface area (Å²) in [5.74, 6) is 1.75. The van der Waals surface area contributed by atoms with E-state index in [1.54, 1.807) is 11.0 Å². The molecule has 1 aliphatic heterocycles. The van der Waals surface area contributed by atoms with Crippen LogP contribution in [0.5, 0.6) is 0 Å². The van der Waals surface area contributed by atoms with Gasteiger partial charge in [-0.25, -0.2) is 4.79 Å². The van der Waals surface area contributed by atoms with Gasteiger partial charge in [0.25, 0.3) is 0 Å². The van der Waals surface area contributed by atoms with Crippen LogP contribution in [0, 0.1) is 19.3 Å². The molecule has 0 saturated carbocycles. The number of carbonyl (C=O) groups is 2. The number of nitrogens with zero attached hydrogens (tertiary/aromatic N) is 2. The van der Waals surface area contributed by atoms with Crippen LogP contribution >= 0.6 is 0 Å². The van der Waals surface area contributed by atoms with Crippen molar-refractivity contribution in [2.24, 2.45) is 0 Å². The molecule has 0 aliphatic carbocycles. The lowest BCUT2D eigenvalue weighted by molar-refractivity contribution is -0.136. The first-order chi connectivity index (χ1) is 12.1. The predicted molar refractivity (Wildman–Crippen MR) is 100 cm³/mol. The molecular formula is C20H26N2O4. The van der Waals surface area contributed by atoms with Crippen LogP contribution in [0.2, 0.25) is 0 Å². The van der Waals surface area contributed by atoms with E-state index in [4.69, 9.17) is 16.3 Å². The molecular weight excluding hydrogens is 332 g/mol. The van der Waals surface area contributed by atoms with E-state index in [2.05, 4.69) is 10.8 Å². The number of carboxylic acid groups (broad SMARTS) is 1. The SMILES string of the molecule is C#Cc1cc(CC(=O)O)cc(N2CCN(C(=O)OC(C)(C)C)CC2)c1C. The number of amides is 1. The smallest absolute Gasteiger partial charge is 0.410 e. The summed E-state index contributed by atoms with van der Waals surface area (Å²) in [6.45, 7) is 9.85. The number of anilines is 1. The van der Waals surface area contributed by atoms with Gasteiger partial charge in [-0.2, -0.15) is 0 Å². The van der Waals surface area contributed by atoms with Gasteiger partial charge in [0.05, 0.1) is 6.42 Å². The number of aliphatic carboxylic acids is 1. The summed E-state index contributed by atoms with van der Waals surface area (Å²) in [6.07, 6.45) is 5.21. The van der Waals surface area contributed by atoms with E-state index in [9.17, 15) is 9.59 Å². The van der Waals surface area contributed by atoms with Gasteiger partial charge in [0, 0.05) is 37.4 Å². The zero-order valence-corrected chi connectivity index (χ0v) is 15.8. The Labute approximate surface area is 154 Å². The van der Waals surface area contributed by atoms with Gasteiger partial charge in [-0.3, -0.25) is 4.79 Å². The molecule has 1 N–H and O–H groups in total. The lowest BCUT2D eigenvalue weighted by atomic mass is 10.00. The van der Waals surface area contributed by atoms with Gasteiger partial charge in [-0.15, -0.1) is 6.42 Å². The highest BCUT2D eigenvalue weighted by Gasteiger charge is 2.26. The van der Waals surface area contributed by atoms with Crippen molar-refractivity contribution >= 4 is 17.7 Å². The number of carboxylic acids is 1. The Morgan fingerprint density at radius 1 is 1.23 bits per heavy atom. The quantitative estimate of drug-likeness (QED) is 0.841. The van der Waals surface area contributed by atoms with Gasteiger partial charge in [0.1, 0.15) is 5.60 Å². The summed E-state index contributed by atoms with van der Waals surface area (Å²) in [7, 11) is 0. The molecule has 1 aliphatic rings. The molecule has 1 heterocycles. The standard InChI is InChI=1S/C20H26N2O4/c1-6-16-11-15(13-18(23)24)12-17(14(16)2)21-7-9-22(10-8-21)19(25)26-20(3,4)5/h1,11-12H,7-10,13H2,2-5H3,(H,23,24). The number of hydrogen-bond donors (Lipinski definition) is 1. The van der Waals surface area contributed by atoms with Crippen LogP contribution in [-0.2, 0) is 16.0 Å². The fourth-order valence-corrected chi connectivity index (χ4v) is 2.97. The molecule has 0 bridgehead atoms. The van der Waals surface area contributed by atoms with Crippen LogP contribution in [0.3, 0.4) is 0 Å². The van der Waals surface area contributed by atoms with Gasteiger partial charge in [0.2, 0.25) is 0 Å². The number of terminal acetylenes is 1. The molecule has 0 radical (unpaired) electrons. The lowest BCUT2D eigenvalue weighted by Crippen LogP contribution is -2.50. The minimum Gasteiger partial charge on any atom is -0.481 e. The van der Waals surface area contributed by atoms with E-state index < -0.39 is 11.6 Å². The minimum absolute atomic E-state index is 0.0696. The molecule has 1 amide bonds. The number of rotatable bonds is 3. The largest absolute Gasteiger partial charge is 0.481 e. The lowest BCUT2D eigenvalue weighted by Gasteiger charge is -2.37. The normalized spacial score (nSPS) is 14.7. The zero-order valence-electron chi connectivity index (χ0n) is 15.8. The zero-order chi connectivity index (χ0) is 19.5. The first-order valence-corrected chi connectivity index (χ1v) is 8.65. The molecule has 26 heavy (non-hydrogen) atoms. The Hall–Kier alpha value is -2.68. The molecule has 1 fully saturated rings. The maximum atomic E-state index is 12.2. The average molecular weight is 358 g/mol. The molecule has 6 heteroatoms. The average Bonchev–Trinajstić information content (AvgIpc) is 2.54. The van der Waals surface area contributed by atoms with Crippen molar-refractivity contribution in [3.05, 3.63) is 28.8 Å². The molecule has 6 nitrogen and oxygen atoms in total. The van der Waals surface area contributed by atoms with Crippen LogP contribution in [-0.4, -0.2) is 53.8 Å². The van der Waals surface area contributed by atoms with Crippen molar-refractivity contribution in [2.75, 3.05) is 31.1 Å². The third kappa shape index (κ3) is 4.92. The number of benzene rings is 1. The van der Waals surface area contributed by atoms with E-state index in [1.807, 2.05) is 33.8 Å². The van der Waals surface area contributed by atoms with Crippen molar-refractivity contribution in [2.45, 2.75) is 39.7 Å². The molecule has 0 atom stereocenters. The molecule has 1 aromatic rings. The highest BCUT2D eigenvalue weighted by molar-refractivity contribution is 5.73. The van der Waals surface area contributed by atoms with Gasteiger partial charge < -0.3 is 19.6 Å². The second kappa shape index (κ2) is 7.69. The number of piperazine rings is 1. The van der Waals surface area contributed by atoms with E-state index in [0.29, 0.717) is 37.3 Å². The second-order valence-electron chi connectivity index (χ2n) is 7.46. The number of carbonyl (C=O) groups excluding carboxylic acids is 1. The monoisotopic (exact) mass is 358 g/mol. The van der Waals surface area contributed by atoms with Crippen LogP contribution in [0.1, 0.15) is 37.5 Å². The minimum atomic E-state index is -0.891. The van der Waals surface area contributed by atoms with E-state index in [-0.39, 0.29) is 12.5 Å². The van der Waals surface area contributed by atoms with Gasteiger partial charge in [-0.1, -0.05) is 5.92 Å². The summed E-state index contributed by atoms with van der Waals surface area (Å²) < 4.78 is 5.42. The highest BCUT2D eigenvalue weighted by atomic mass is 16.6. The van der Waals surface area contributed by atoms with Crippen molar-refractivity contribution < 1.29 is 19.4 Å². The summed E-state index contributed by atoms with van der Waals surface area (Å²) in [6, 6.07) is 3.64. The molecule has 0 aromatic heterocycles. The van der Waals surface area contributed by atoms with Crippen molar-refractivity contribution in [1.29, 1.82) is 0 Å². The molecule has 2 rings (SSSR count). The van der Waals surface area contributed by atoms with Crippen molar-refractivity contribution in [1.82, 2.24) is 4.90 Å². The van der Waals surface area contributed by atoms with Crippen molar-refractivity contribution in [3.63, 3.8) is 0 Å². The number of hydrogen-bond acceptors (Lipinski definition) is 4. The Bertz CT molecular complexity index is 735. The maximum absolute atomic E-state index is 12.2. The summed E-state index contributed by atoms with van der Waals surface area (Å²) >= 11 is 0. The second-order valence-corrected chi connectivity index (χ2v) is 7.46. The highest BCUT2D eigenvalue weighted by Crippen LogP contribution is 2.27. The molecule has 140 valence electrons. The summed E-state index contributed by atoms with van der Waals surface area (Å²) in [5, 5.41) is 9.07. The van der Waals surface area contributed by atoms with Crippen LogP contribution in [0.4, 0.5) is 10.5 Å². The Morgan fingerprint density at radius 3 is 2.35 bits per heavy atom. The molecule has 1 saturated heterocycles. The Kier molecular flexibility index (Phi) is 5.81. The Balaban J connectivity index is 2.15. The number of ether oxygens (including phenoxy) is 1.